The van der Waals surface area contributed by atoms with E-state index in [-0.39, 0.29) is 16.7 Å². The second-order valence-electron chi connectivity index (χ2n) is 11.4. The SMILES string of the molecule is C=C(C=CC(=CC)N1CN[N+](C)(C(C)CC)C1=O)N1CC[N+](C)(c2ccc(OCCC(C)CC)cc2)CC1. The maximum Gasteiger partial charge on any atom is 0.444 e. The van der Waals surface area contributed by atoms with Crippen molar-refractivity contribution in [2.24, 2.45) is 5.92 Å². The molecule has 2 fully saturated rings. The van der Waals surface area contributed by atoms with Crippen molar-refractivity contribution in [3.05, 3.63) is 60.5 Å². The number of likely N-dealkylation sites (N-methyl/N-ethyl adjacent to an activating group) is 1. The number of amides is 2. The Morgan fingerprint density at radius 2 is 1.76 bits per heavy atom. The number of nitrogens with one attached hydrogen (secondary N) is 1. The van der Waals surface area contributed by atoms with Crippen molar-refractivity contribution in [3.8, 4) is 5.75 Å². The van der Waals surface area contributed by atoms with Gasteiger partial charge < -0.3 is 9.64 Å². The molecule has 3 rings (SSSR count). The highest BCUT2D eigenvalue weighted by Gasteiger charge is 2.47. The minimum atomic E-state index is 0.0840. The van der Waals surface area contributed by atoms with E-state index in [0.29, 0.717) is 12.6 Å². The van der Waals surface area contributed by atoms with Crippen LogP contribution in [0.25, 0.3) is 0 Å². The van der Waals surface area contributed by atoms with Crippen molar-refractivity contribution in [1.29, 1.82) is 0 Å². The van der Waals surface area contributed by atoms with Crippen LogP contribution in [0.4, 0.5) is 10.5 Å². The summed E-state index contributed by atoms with van der Waals surface area (Å²) < 4.78 is 7.10. The number of benzene rings is 1. The maximum absolute atomic E-state index is 13.2. The van der Waals surface area contributed by atoms with Crippen molar-refractivity contribution in [2.75, 3.05) is 53.5 Å². The molecular weight excluding hydrogens is 474 g/mol. The Morgan fingerprint density at radius 1 is 1.11 bits per heavy atom. The third-order valence-corrected chi connectivity index (χ3v) is 8.88. The van der Waals surface area contributed by atoms with Gasteiger partial charge in [0.1, 0.15) is 37.2 Å². The van der Waals surface area contributed by atoms with Gasteiger partial charge >= 0.3 is 6.03 Å². The number of rotatable bonds is 12. The molecule has 3 unspecified atom stereocenters. The fourth-order valence-corrected chi connectivity index (χ4v) is 5.08. The van der Waals surface area contributed by atoms with Gasteiger partial charge in [0.25, 0.3) is 0 Å². The smallest absolute Gasteiger partial charge is 0.444 e. The molecule has 2 saturated heterocycles. The lowest BCUT2D eigenvalue weighted by atomic mass is 10.1. The number of quaternary nitrogens is 2. The summed E-state index contributed by atoms with van der Waals surface area (Å²) in [7, 11) is 4.27. The zero-order valence-corrected chi connectivity index (χ0v) is 24.9. The van der Waals surface area contributed by atoms with Crippen LogP contribution in [0.1, 0.15) is 53.9 Å². The van der Waals surface area contributed by atoms with E-state index in [0.717, 1.165) is 67.3 Å². The van der Waals surface area contributed by atoms with Crippen molar-refractivity contribution >= 4 is 11.7 Å². The van der Waals surface area contributed by atoms with E-state index < -0.39 is 0 Å². The van der Waals surface area contributed by atoms with E-state index in [2.05, 4.69) is 82.0 Å². The number of hydrogen-bond acceptors (Lipinski definition) is 4. The van der Waals surface area contributed by atoms with Crippen molar-refractivity contribution in [1.82, 2.24) is 19.7 Å². The summed E-state index contributed by atoms with van der Waals surface area (Å²) >= 11 is 0. The Labute approximate surface area is 231 Å². The zero-order valence-electron chi connectivity index (χ0n) is 24.9. The van der Waals surface area contributed by atoms with E-state index in [1.165, 1.54) is 12.1 Å². The molecule has 0 aromatic heterocycles. The van der Waals surface area contributed by atoms with Crippen molar-refractivity contribution in [3.63, 3.8) is 0 Å². The number of carbonyl (C=O) groups is 1. The van der Waals surface area contributed by atoms with Gasteiger partial charge in [-0.3, -0.25) is 4.48 Å². The number of ether oxygens (including phenoxy) is 1. The summed E-state index contributed by atoms with van der Waals surface area (Å²) in [5, 5.41) is 0. The number of carbonyl (C=O) groups excluding carboxylic acids is 1. The second kappa shape index (κ2) is 13.0. The van der Waals surface area contributed by atoms with E-state index in [1.807, 2.05) is 31.0 Å². The van der Waals surface area contributed by atoms with Gasteiger partial charge in [-0.15, -0.1) is 5.43 Å². The van der Waals surface area contributed by atoms with E-state index in [1.54, 1.807) is 0 Å². The molecule has 7 nitrogen and oxygen atoms in total. The molecule has 2 amide bonds. The van der Waals surface area contributed by atoms with Gasteiger partial charge in [-0.25, -0.2) is 9.69 Å². The highest BCUT2D eigenvalue weighted by Crippen LogP contribution is 2.28. The minimum absolute atomic E-state index is 0.0840. The van der Waals surface area contributed by atoms with Gasteiger partial charge in [0, 0.05) is 23.5 Å². The van der Waals surface area contributed by atoms with Crippen LogP contribution in [0.5, 0.6) is 5.75 Å². The average molecular weight is 526 g/mol. The second-order valence-corrected chi connectivity index (χ2v) is 11.4. The standard InChI is InChI=1S/C31H51N5O2/c1-9-25(4)18-23-38-30-16-14-29(15-17-30)35(7)21-19-33(20-22-35)26(5)12-13-28(11-3)34-24-32-36(8,31(34)37)27(6)10-2/h11-17,25,27,32H,5,9-10,18-24H2,1-4,6-8H3/q+2. The van der Waals surface area contributed by atoms with Crippen LogP contribution in [0.2, 0.25) is 0 Å². The van der Waals surface area contributed by atoms with Crippen LogP contribution in [0.15, 0.2) is 60.5 Å². The summed E-state index contributed by atoms with van der Waals surface area (Å²) in [5.74, 6) is 1.66. The molecule has 0 radical (unpaired) electrons. The first-order chi connectivity index (χ1) is 18.1. The molecule has 0 saturated carbocycles. The Morgan fingerprint density at radius 3 is 2.34 bits per heavy atom. The number of piperazine rings is 1. The molecule has 2 aliphatic rings. The molecule has 2 aliphatic heterocycles. The number of allylic oxidation sites excluding steroid dienone is 3. The lowest BCUT2D eigenvalue weighted by Gasteiger charge is -2.42. The number of hydrogen-bond donors (Lipinski definition) is 1. The van der Waals surface area contributed by atoms with Gasteiger partial charge in [-0.05, 0) is 56.9 Å². The maximum atomic E-state index is 13.2. The zero-order chi connectivity index (χ0) is 27.9. The Bertz CT molecular complexity index is 1010. The van der Waals surface area contributed by atoms with Crippen LogP contribution in [0.3, 0.4) is 0 Å². The Kier molecular flexibility index (Phi) is 10.2. The molecule has 0 spiro atoms. The number of nitrogens with zero attached hydrogens (tertiary/aromatic N) is 4. The van der Waals surface area contributed by atoms with Gasteiger partial charge in [0.05, 0.1) is 33.8 Å². The topological polar surface area (TPSA) is 44.8 Å². The van der Waals surface area contributed by atoms with E-state index >= 15 is 0 Å². The quantitative estimate of drug-likeness (QED) is 0.274. The Hall–Kier alpha value is -2.61. The molecule has 38 heavy (non-hydrogen) atoms. The molecule has 1 N–H and O–H groups in total. The predicted molar refractivity (Wildman–Crippen MR) is 158 cm³/mol. The van der Waals surface area contributed by atoms with Crippen molar-refractivity contribution < 1.29 is 14.1 Å². The third-order valence-electron chi connectivity index (χ3n) is 8.88. The van der Waals surface area contributed by atoms with Crippen LogP contribution >= 0.6 is 0 Å². The summed E-state index contributed by atoms with van der Waals surface area (Å²) in [6.07, 6.45) is 9.30. The molecule has 3 atom stereocenters. The predicted octanol–water partition coefficient (Wildman–Crippen LogP) is 5.87. The largest absolute Gasteiger partial charge is 0.494 e. The van der Waals surface area contributed by atoms with Gasteiger partial charge in [-0.1, -0.05) is 39.8 Å². The fraction of sp³-hybridized carbons (Fsp3) is 0.581. The highest BCUT2D eigenvalue weighted by molar-refractivity contribution is 5.71. The molecule has 0 bridgehead atoms. The fourth-order valence-electron chi connectivity index (χ4n) is 5.08. The monoisotopic (exact) mass is 525 g/mol. The Balaban J connectivity index is 1.54. The molecule has 0 aliphatic carbocycles. The first-order valence-electron chi connectivity index (χ1n) is 14.4. The lowest BCUT2D eigenvalue weighted by molar-refractivity contribution is -0.890. The first kappa shape index (κ1) is 29.9. The molecule has 1 aromatic carbocycles. The van der Waals surface area contributed by atoms with Gasteiger partial charge in [-0.2, -0.15) is 4.59 Å². The van der Waals surface area contributed by atoms with Crippen LogP contribution in [0, 0.1) is 5.92 Å². The molecule has 210 valence electrons. The van der Waals surface area contributed by atoms with Crippen molar-refractivity contribution in [2.45, 2.75) is 59.9 Å². The average Bonchev–Trinajstić information content (AvgIpc) is 3.24. The molecule has 1 aromatic rings. The highest BCUT2D eigenvalue weighted by atomic mass is 16.5. The molecule has 7 heteroatoms. The van der Waals surface area contributed by atoms with Gasteiger partial charge in [0.2, 0.25) is 0 Å². The summed E-state index contributed by atoms with van der Waals surface area (Å²) in [4.78, 5) is 17.4. The first-order valence-corrected chi connectivity index (χ1v) is 14.4. The lowest BCUT2D eigenvalue weighted by Crippen LogP contribution is -2.58. The summed E-state index contributed by atoms with van der Waals surface area (Å²) in [6, 6.07) is 8.95. The summed E-state index contributed by atoms with van der Waals surface area (Å²) in [5.41, 5.74) is 6.60. The van der Waals surface area contributed by atoms with Crippen LogP contribution in [-0.4, -0.2) is 80.0 Å². The third kappa shape index (κ3) is 6.68. The summed E-state index contributed by atoms with van der Waals surface area (Å²) in [6.45, 7) is 20.2. The number of urea groups is 1. The van der Waals surface area contributed by atoms with Crippen LogP contribution < -0.4 is 14.6 Å². The molecular formula is C31H51N5O2+2. The van der Waals surface area contributed by atoms with Crippen LogP contribution in [-0.2, 0) is 0 Å². The molecule has 2 heterocycles. The minimum Gasteiger partial charge on any atom is -0.494 e. The van der Waals surface area contributed by atoms with E-state index in [9.17, 15) is 4.79 Å². The van der Waals surface area contributed by atoms with Gasteiger partial charge in [0.15, 0.2) is 0 Å². The van der Waals surface area contributed by atoms with E-state index in [4.69, 9.17) is 4.74 Å². The normalized spacial score (nSPS) is 23.7.